The minimum absolute atomic E-state index is 0.110. The number of unbranched alkanes of at least 4 members (excludes halogenated alkanes) is 2. The average Bonchev–Trinajstić information content (AvgIpc) is 2.72. The molecule has 0 spiro atoms. The SMILES string of the molecule is CCCCNC(=O)N(O)C1N(CCCC)C(=O)N(CCC)C1(C)C. The highest BCUT2D eigenvalue weighted by Gasteiger charge is 2.54. The first-order chi connectivity index (χ1) is 11.3. The number of carbonyl (C=O) groups excluding carboxylic acids is 2. The van der Waals surface area contributed by atoms with Crippen molar-refractivity contribution in [1.82, 2.24) is 20.2 Å². The fraction of sp³-hybridized carbons (Fsp3) is 0.882. The number of rotatable bonds is 9. The second-order valence-corrected chi connectivity index (χ2v) is 6.94. The van der Waals surface area contributed by atoms with Gasteiger partial charge in [0.15, 0.2) is 6.17 Å². The van der Waals surface area contributed by atoms with Crippen LogP contribution in [0.15, 0.2) is 0 Å². The molecule has 0 bridgehead atoms. The number of carbonyl (C=O) groups is 2. The lowest BCUT2D eigenvalue weighted by atomic mass is 10.00. The summed E-state index contributed by atoms with van der Waals surface area (Å²) in [7, 11) is 0. The zero-order chi connectivity index (χ0) is 18.3. The van der Waals surface area contributed by atoms with E-state index in [9.17, 15) is 14.8 Å². The topological polar surface area (TPSA) is 76.1 Å². The van der Waals surface area contributed by atoms with Crippen molar-refractivity contribution in [2.45, 2.75) is 78.4 Å². The van der Waals surface area contributed by atoms with E-state index in [1.807, 2.05) is 27.7 Å². The van der Waals surface area contributed by atoms with Crippen LogP contribution in [0.2, 0.25) is 0 Å². The Balaban J connectivity index is 2.99. The van der Waals surface area contributed by atoms with E-state index < -0.39 is 17.7 Å². The van der Waals surface area contributed by atoms with Crippen LogP contribution in [0.1, 0.15) is 66.7 Å². The van der Waals surface area contributed by atoms with Crippen LogP contribution in [0.3, 0.4) is 0 Å². The highest BCUT2D eigenvalue weighted by atomic mass is 16.5. The molecule has 1 rings (SSSR count). The Morgan fingerprint density at radius 1 is 1.17 bits per heavy atom. The van der Waals surface area contributed by atoms with Crippen molar-refractivity contribution in [2.75, 3.05) is 19.6 Å². The molecule has 7 nitrogen and oxygen atoms in total. The number of hydroxylamine groups is 2. The standard InChI is InChI=1S/C17H34N4O3/c1-6-9-11-18-15(22)21(24)14-17(4,5)20(12-8-3)16(23)19(14)13-10-7-2/h14,24H,6-13H2,1-5H3,(H,18,22). The maximum atomic E-state index is 12.8. The smallest absolute Gasteiger partial charge is 0.336 e. The van der Waals surface area contributed by atoms with E-state index in [2.05, 4.69) is 12.2 Å². The number of nitrogens with one attached hydrogen (secondary N) is 1. The summed E-state index contributed by atoms with van der Waals surface area (Å²) in [5.41, 5.74) is -0.655. The zero-order valence-corrected chi connectivity index (χ0v) is 15.8. The zero-order valence-electron chi connectivity index (χ0n) is 15.8. The molecule has 7 heteroatoms. The third-order valence-corrected chi connectivity index (χ3v) is 4.55. The van der Waals surface area contributed by atoms with E-state index in [4.69, 9.17) is 0 Å². The molecule has 1 heterocycles. The second-order valence-electron chi connectivity index (χ2n) is 6.94. The molecule has 4 amide bonds. The summed E-state index contributed by atoms with van der Waals surface area (Å²) in [5.74, 6) is 0. The van der Waals surface area contributed by atoms with Gasteiger partial charge < -0.3 is 10.2 Å². The van der Waals surface area contributed by atoms with Gasteiger partial charge in [-0.1, -0.05) is 33.6 Å². The highest BCUT2D eigenvalue weighted by Crippen LogP contribution is 2.34. The largest absolute Gasteiger partial charge is 0.343 e. The fourth-order valence-electron chi connectivity index (χ4n) is 3.18. The van der Waals surface area contributed by atoms with Crippen molar-refractivity contribution in [3.8, 4) is 0 Å². The Morgan fingerprint density at radius 2 is 1.79 bits per heavy atom. The Hall–Kier alpha value is -1.50. The molecule has 1 unspecified atom stereocenters. The van der Waals surface area contributed by atoms with Crippen LogP contribution in [0, 0.1) is 0 Å². The molecule has 1 fully saturated rings. The van der Waals surface area contributed by atoms with Gasteiger partial charge in [-0.3, -0.25) is 10.1 Å². The summed E-state index contributed by atoms with van der Waals surface area (Å²) in [6, 6.07) is -0.658. The first kappa shape index (κ1) is 20.5. The normalized spacial score (nSPS) is 19.8. The monoisotopic (exact) mass is 342 g/mol. The van der Waals surface area contributed by atoms with Gasteiger partial charge in [-0.05, 0) is 33.1 Å². The summed E-state index contributed by atoms with van der Waals surface area (Å²) >= 11 is 0. The van der Waals surface area contributed by atoms with Gasteiger partial charge in [-0.2, -0.15) is 5.06 Å². The first-order valence-electron chi connectivity index (χ1n) is 9.17. The predicted molar refractivity (Wildman–Crippen MR) is 93.8 cm³/mol. The Kier molecular flexibility index (Phi) is 7.79. The lowest BCUT2D eigenvalue weighted by Crippen LogP contribution is -2.59. The summed E-state index contributed by atoms with van der Waals surface area (Å²) < 4.78 is 0. The van der Waals surface area contributed by atoms with E-state index in [0.717, 1.165) is 32.1 Å². The molecule has 1 aliphatic heterocycles. The average molecular weight is 342 g/mol. The van der Waals surface area contributed by atoms with Crippen LogP contribution < -0.4 is 5.32 Å². The molecule has 0 saturated carbocycles. The molecular formula is C17H34N4O3. The molecular weight excluding hydrogens is 308 g/mol. The van der Waals surface area contributed by atoms with Gasteiger partial charge in [0.25, 0.3) is 0 Å². The molecule has 1 atom stereocenters. The number of amides is 4. The lowest BCUT2D eigenvalue weighted by Gasteiger charge is -2.38. The molecule has 0 aromatic rings. The van der Waals surface area contributed by atoms with E-state index in [0.29, 0.717) is 24.7 Å². The first-order valence-corrected chi connectivity index (χ1v) is 9.17. The van der Waals surface area contributed by atoms with Crippen LogP contribution in [-0.2, 0) is 0 Å². The van der Waals surface area contributed by atoms with Gasteiger partial charge in [0.1, 0.15) is 0 Å². The van der Waals surface area contributed by atoms with Crippen molar-refractivity contribution in [3.63, 3.8) is 0 Å². The fourth-order valence-corrected chi connectivity index (χ4v) is 3.18. The highest BCUT2D eigenvalue weighted by molar-refractivity contribution is 5.81. The van der Waals surface area contributed by atoms with Crippen molar-refractivity contribution < 1.29 is 14.8 Å². The summed E-state index contributed by atoms with van der Waals surface area (Å²) in [6.45, 7) is 11.6. The molecule has 24 heavy (non-hydrogen) atoms. The van der Waals surface area contributed by atoms with Crippen molar-refractivity contribution in [1.29, 1.82) is 0 Å². The van der Waals surface area contributed by atoms with Crippen molar-refractivity contribution >= 4 is 12.1 Å². The van der Waals surface area contributed by atoms with Gasteiger partial charge in [0.05, 0.1) is 5.54 Å². The molecule has 0 radical (unpaired) electrons. The third-order valence-electron chi connectivity index (χ3n) is 4.55. The Morgan fingerprint density at radius 3 is 2.33 bits per heavy atom. The Bertz CT molecular complexity index is 428. The van der Waals surface area contributed by atoms with Crippen LogP contribution in [-0.4, -0.2) is 63.5 Å². The maximum Gasteiger partial charge on any atom is 0.343 e. The predicted octanol–water partition coefficient (Wildman–Crippen LogP) is 3.24. The summed E-state index contributed by atoms with van der Waals surface area (Å²) in [5, 5.41) is 14.0. The number of nitrogens with zero attached hydrogens (tertiary/aromatic N) is 3. The van der Waals surface area contributed by atoms with Crippen LogP contribution >= 0.6 is 0 Å². The van der Waals surface area contributed by atoms with E-state index in [-0.39, 0.29) is 6.03 Å². The number of hydrogen-bond donors (Lipinski definition) is 2. The quantitative estimate of drug-likeness (QED) is 0.384. The van der Waals surface area contributed by atoms with Gasteiger partial charge in [0, 0.05) is 19.6 Å². The molecule has 1 aliphatic rings. The number of hydrogen-bond acceptors (Lipinski definition) is 3. The van der Waals surface area contributed by atoms with Crippen LogP contribution in [0.25, 0.3) is 0 Å². The molecule has 1 saturated heterocycles. The number of urea groups is 2. The van der Waals surface area contributed by atoms with Gasteiger partial charge >= 0.3 is 12.1 Å². The minimum Gasteiger partial charge on any atom is -0.336 e. The summed E-state index contributed by atoms with van der Waals surface area (Å²) in [6.07, 6.45) is 3.74. The van der Waals surface area contributed by atoms with E-state index in [1.165, 1.54) is 0 Å². The van der Waals surface area contributed by atoms with Gasteiger partial charge in [0.2, 0.25) is 0 Å². The second kappa shape index (κ2) is 9.11. The van der Waals surface area contributed by atoms with E-state index in [1.54, 1.807) is 9.80 Å². The van der Waals surface area contributed by atoms with Gasteiger partial charge in [-0.15, -0.1) is 0 Å². The molecule has 0 aromatic heterocycles. The van der Waals surface area contributed by atoms with Crippen LogP contribution in [0.5, 0.6) is 0 Å². The molecule has 0 aromatic carbocycles. The third kappa shape index (κ3) is 4.32. The van der Waals surface area contributed by atoms with Crippen LogP contribution in [0.4, 0.5) is 9.59 Å². The lowest BCUT2D eigenvalue weighted by molar-refractivity contribution is -0.133. The van der Waals surface area contributed by atoms with Crippen molar-refractivity contribution in [2.24, 2.45) is 0 Å². The van der Waals surface area contributed by atoms with Gasteiger partial charge in [-0.25, -0.2) is 9.59 Å². The molecule has 0 aliphatic carbocycles. The maximum absolute atomic E-state index is 12.8. The van der Waals surface area contributed by atoms with E-state index >= 15 is 0 Å². The molecule has 140 valence electrons. The van der Waals surface area contributed by atoms with Crippen molar-refractivity contribution in [3.05, 3.63) is 0 Å². The minimum atomic E-state index is -0.690. The molecule has 2 N–H and O–H groups in total. The Labute approximate surface area is 145 Å². The summed E-state index contributed by atoms with van der Waals surface area (Å²) in [4.78, 5) is 28.5.